The van der Waals surface area contributed by atoms with Gasteiger partial charge in [0.1, 0.15) is 4.99 Å². The van der Waals surface area contributed by atoms with Crippen molar-refractivity contribution in [3.8, 4) is 0 Å². The molecule has 0 saturated carbocycles. The van der Waals surface area contributed by atoms with Gasteiger partial charge in [-0.25, -0.2) is 0 Å². The molecule has 19 heavy (non-hydrogen) atoms. The highest BCUT2D eigenvalue weighted by molar-refractivity contribution is 9.10. The SMILES string of the molecule is NC(=S)c1c(Br)cccc1NCc1cccc(Cl)c1. The number of rotatable bonds is 4. The fraction of sp³-hybridized carbons (Fsp3) is 0.0714. The molecule has 2 nitrogen and oxygen atoms in total. The van der Waals surface area contributed by atoms with Crippen molar-refractivity contribution < 1.29 is 0 Å². The Kier molecular flexibility index (Phi) is 4.80. The minimum absolute atomic E-state index is 0.362. The Bertz CT molecular complexity index is 616. The van der Waals surface area contributed by atoms with Gasteiger partial charge in [-0.05, 0) is 45.8 Å². The lowest BCUT2D eigenvalue weighted by Gasteiger charge is -2.13. The number of benzene rings is 2. The Balaban J connectivity index is 2.20. The number of nitrogens with one attached hydrogen (secondary N) is 1. The average molecular weight is 356 g/mol. The third kappa shape index (κ3) is 3.69. The van der Waals surface area contributed by atoms with Gasteiger partial charge in [0.25, 0.3) is 0 Å². The molecule has 0 bridgehead atoms. The number of halogens is 2. The van der Waals surface area contributed by atoms with Gasteiger partial charge < -0.3 is 11.1 Å². The van der Waals surface area contributed by atoms with Gasteiger partial charge in [-0.3, -0.25) is 0 Å². The van der Waals surface area contributed by atoms with Crippen LogP contribution in [-0.2, 0) is 6.54 Å². The maximum absolute atomic E-state index is 5.96. The maximum Gasteiger partial charge on any atom is 0.107 e. The first kappa shape index (κ1) is 14.3. The summed E-state index contributed by atoms with van der Waals surface area (Å²) >= 11 is 14.5. The van der Waals surface area contributed by atoms with Crippen molar-refractivity contribution in [2.45, 2.75) is 6.54 Å². The van der Waals surface area contributed by atoms with E-state index in [1.807, 2.05) is 42.5 Å². The molecule has 2 rings (SSSR count). The molecule has 0 aromatic heterocycles. The summed E-state index contributed by atoms with van der Waals surface area (Å²) in [7, 11) is 0. The van der Waals surface area contributed by atoms with E-state index in [9.17, 15) is 0 Å². The maximum atomic E-state index is 5.96. The van der Waals surface area contributed by atoms with E-state index in [1.165, 1.54) is 0 Å². The largest absolute Gasteiger partial charge is 0.389 e. The Morgan fingerprint density at radius 3 is 2.68 bits per heavy atom. The molecule has 0 aliphatic heterocycles. The van der Waals surface area contributed by atoms with E-state index in [4.69, 9.17) is 29.6 Å². The van der Waals surface area contributed by atoms with Crippen LogP contribution in [0.5, 0.6) is 0 Å². The Labute approximate surface area is 131 Å². The second kappa shape index (κ2) is 6.37. The number of nitrogens with two attached hydrogens (primary N) is 1. The topological polar surface area (TPSA) is 38.0 Å². The molecule has 2 aromatic carbocycles. The van der Waals surface area contributed by atoms with Gasteiger partial charge in [0, 0.05) is 27.3 Å². The lowest BCUT2D eigenvalue weighted by molar-refractivity contribution is 1.15. The third-order valence-corrected chi connectivity index (χ3v) is 3.73. The van der Waals surface area contributed by atoms with Crippen LogP contribution in [0.4, 0.5) is 5.69 Å². The number of hydrogen-bond acceptors (Lipinski definition) is 2. The molecule has 0 aliphatic carbocycles. The highest BCUT2D eigenvalue weighted by Crippen LogP contribution is 2.25. The second-order valence-electron chi connectivity index (χ2n) is 4.01. The first-order valence-corrected chi connectivity index (χ1v) is 7.22. The molecule has 5 heteroatoms. The van der Waals surface area contributed by atoms with Gasteiger partial charge >= 0.3 is 0 Å². The molecule has 0 spiro atoms. The average Bonchev–Trinajstić information content (AvgIpc) is 2.36. The van der Waals surface area contributed by atoms with Crippen LogP contribution in [0, 0.1) is 0 Å². The van der Waals surface area contributed by atoms with Crippen molar-refractivity contribution in [1.29, 1.82) is 0 Å². The van der Waals surface area contributed by atoms with Crippen LogP contribution in [0.3, 0.4) is 0 Å². The summed E-state index contributed by atoms with van der Waals surface area (Å²) in [4.78, 5) is 0.362. The Morgan fingerprint density at radius 2 is 2.00 bits per heavy atom. The van der Waals surface area contributed by atoms with Gasteiger partial charge in [-0.2, -0.15) is 0 Å². The lowest BCUT2D eigenvalue weighted by atomic mass is 10.1. The van der Waals surface area contributed by atoms with E-state index in [-0.39, 0.29) is 0 Å². The van der Waals surface area contributed by atoms with Gasteiger partial charge in [0.2, 0.25) is 0 Å². The smallest absolute Gasteiger partial charge is 0.107 e. The number of anilines is 1. The van der Waals surface area contributed by atoms with Gasteiger partial charge in [0.05, 0.1) is 0 Å². The zero-order valence-corrected chi connectivity index (χ0v) is 13.1. The summed E-state index contributed by atoms with van der Waals surface area (Å²) in [6.45, 7) is 0.659. The number of thiocarbonyl (C=S) groups is 1. The van der Waals surface area contributed by atoms with Crippen molar-refractivity contribution >= 4 is 50.4 Å². The predicted molar refractivity (Wildman–Crippen MR) is 88.8 cm³/mol. The molecule has 0 fully saturated rings. The molecule has 0 unspecified atom stereocenters. The van der Waals surface area contributed by atoms with Crippen LogP contribution in [0.1, 0.15) is 11.1 Å². The van der Waals surface area contributed by atoms with E-state index >= 15 is 0 Å². The van der Waals surface area contributed by atoms with Crippen molar-refractivity contribution in [3.63, 3.8) is 0 Å². The molecule has 0 atom stereocenters. The number of hydrogen-bond donors (Lipinski definition) is 2. The first-order valence-electron chi connectivity index (χ1n) is 5.64. The normalized spacial score (nSPS) is 10.2. The fourth-order valence-corrected chi connectivity index (χ4v) is 2.91. The third-order valence-electron chi connectivity index (χ3n) is 2.63. The van der Waals surface area contributed by atoms with E-state index < -0.39 is 0 Å². The molecule has 0 heterocycles. The zero-order valence-electron chi connectivity index (χ0n) is 9.99. The summed E-state index contributed by atoms with van der Waals surface area (Å²) in [6, 6.07) is 13.5. The van der Waals surface area contributed by atoms with Crippen molar-refractivity contribution in [3.05, 3.63) is 63.1 Å². The van der Waals surface area contributed by atoms with Crippen molar-refractivity contribution in [1.82, 2.24) is 0 Å². The van der Waals surface area contributed by atoms with Crippen LogP contribution in [0.2, 0.25) is 5.02 Å². The summed E-state index contributed by atoms with van der Waals surface area (Å²) in [5, 5.41) is 4.05. The Hall–Kier alpha value is -1.10. The van der Waals surface area contributed by atoms with Gasteiger partial charge in [-0.15, -0.1) is 0 Å². The van der Waals surface area contributed by atoms with Crippen molar-refractivity contribution in [2.75, 3.05) is 5.32 Å². The Morgan fingerprint density at radius 1 is 1.26 bits per heavy atom. The van der Waals surface area contributed by atoms with E-state index in [0.717, 1.165) is 26.3 Å². The summed E-state index contributed by atoms with van der Waals surface area (Å²) in [5.41, 5.74) is 8.57. The summed E-state index contributed by atoms with van der Waals surface area (Å²) in [5.74, 6) is 0. The molecule has 2 aromatic rings. The van der Waals surface area contributed by atoms with Crippen LogP contribution >= 0.6 is 39.7 Å². The van der Waals surface area contributed by atoms with E-state index in [0.29, 0.717) is 11.5 Å². The standard InChI is InChI=1S/C14H12BrClN2S/c15-11-5-2-6-12(13(11)14(17)19)18-8-9-3-1-4-10(16)7-9/h1-7,18H,8H2,(H2,17,19). The molecule has 0 amide bonds. The van der Waals surface area contributed by atoms with Gasteiger partial charge in [-0.1, -0.05) is 42.0 Å². The van der Waals surface area contributed by atoms with E-state index in [2.05, 4.69) is 21.2 Å². The van der Waals surface area contributed by atoms with Crippen LogP contribution in [0.15, 0.2) is 46.9 Å². The van der Waals surface area contributed by atoms with Gasteiger partial charge in [0.15, 0.2) is 0 Å². The molecule has 3 N–H and O–H groups in total. The first-order chi connectivity index (χ1) is 9.08. The quantitative estimate of drug-likeness (QED) is 0.801. The molecule has 98 valence electrons. The monoisotopic (exact) mass is 354 g/mol. The zero-order chi connectivity index (χ0) is 13.8. The minimum atomic E-state index is 0.362. The molecule has 0 radical (unpaired) electrons. The summed E-state index contributed by atoms with van der Waals surface area (Å²) < 4.78 is 0.885. The van der Waals surface area contributed by atoms with Crippen LogP contribution in [0.25, 0.3) is 0 Å². The lowest BCUT2D eigenvalue weighted by Crippen LogP contribution is -2.14. The second-order valence-corrected chi connectivity index (χ2v) is 5.74. The molecule has 0 aliphatic rings. The molecule has 0 saturated heterocycles. The molecular weight excluding hydrogens is 344 g/mol. The highest BCUT2D eigenvalue weighted by atomic mass is 79.9. The van der Waals surface area contributed by atoms with Crippen LogP contribution in [-0.4, -0.2) is 4.99 Å². The predicted octanol–water partition coefficient (Wildman–Crippen LogP) is 4.35. The molecular formula is C14H12BrClN2S. The fourth-order valence-electron chi connectivity index (χ4n) is 1.77. The summed E-state index contributed by atoms with van der Waals surface area (Å²) in [6.07, 6.45) is 0. The minimum Gasteiger partial charge on any atom is -0.389 e. The van der Waals surface area contributed by atoms with E-state index in [1.54, 1.807) is 0 Å². The van der Waals surface area contributed by atoms with Crippen molar-refractivity contribution in [2.24, 2.45) is 5.73 Å². The van der Waals surface area contributed by atoms with Crippen LogP contribution < -0.4 is 11.1 Å². The highest BCUT2D eigenvalue weighted by Gasteiger charge is 2.08.